The van der Waals surface area contributed by atoms with Gasteiger partial charge in [-0.15, -0.1) is 0 Å². The Morgan fingerprint density at radius 2 is 2.00 bits per heavy atom. The number of fused-ring (bicyclic) bond motifs is 3. The summed E-state index contributed by atoms with van der Waals surface area (Å²) in [5.41, 5.74) is 2.23. The molecule has 6 nitrogen and oxygen atoms in total. The van der Waals surface area contributed by atoms with E-state index in [2.05, 4.69) is 40.5 Å². The first-order valence-corrected chi connectivity index (χ1v) is 10.2. The van der Waals surface area contributed by atoms with Gasteiger partial charge in [-0.3, -0.25) is 9.79 Å². The summed E-state index contributed by atoms with van der Waals surface area (Å²) in [6.07, 6.45) is 8.36. The number of ketones is 1. The van der Waals surface area contributed by atoms with Crippen LogP contribution in [0.5, 0.6) is 0 Å². The van der Waals surface area contributed by atoms with E-state index in [4.69, 9.17) is 4.42 Å². The fourth-order valence-electron chi connectivity index (χ4n) is 5.18. The van der Waals surface area contributed by atoms with E-state index < -0.39 is 0 Å². The molecule has 1 atom stereocenters. The van der Waals surface area contributed by atoms with E-state index >= 15 is 0 Å². The number of carbonyl (C=O) groups is 1. The quantitative estimate of drug-likeness (QED) is 0.709. The Labute approximate surface area is 164 Å². The molecule has 2 aliphatic carbocycles. The minimum Gasteiger partial charge on any atom is -0.412 e. The van der Waals surface area contributed by atoms with Crippen molar-refractivity contribution in [2.24, 2.45) is 11.3 Å². The number of hydrogen-bond donors (Lipinski definition) is 3. The van der Waals surface area contributed by atoms with Crippen LogP contribution in [0, 0.1) is 11.3 Å². The number of hydrogen-bond acceptors (Lipinski definition) is 5. The van der Waals surface area contributed by atoms with Crippen LogP contribution in [-0.4, -0.2) is 22.3 Å². The number of carbonyl (C=O) groups excluding carboxylic acids is 1. The fraction of sp³-hybridized carbons (Fsp3) is 0.500. The van der Waals surface area contributed by atoms with E-state index in [0.717, 1.165) is 48.4 Å². The zero-order valence-electron chi connectivity index (χ0n) is 16.5. The van der Waals surface area contributed by atoms with Crippen molar-refractivity contribution < 1.29 is 14.2 Å². The van der Waals surface area contributed by atoms with Crippen molar-refractivity contribution in [1.82, 2.24) is 10.3 Å². The summed E-state index contributed by atoms with van der Waals surface area (Å²) in [6.45, 7) is 4.25. The van der Waals surface area contributed by atoms with Crippen LogP contribution in [0.3, 0.4) is 0 Å². The molecule has 6 heteroatoms. The maximum absolute atomic E-state index is 13.1. The van der Waals surface area contributed by atoms with Crippen molar-refractivity contribution >= 4 is 28.9 Å². The summed E-state index contributed by atoms with van der Waals surface area (Å²) < 4.78 is 5.84. The molecule has 1 fully saturated rings. The third-order valence-electron chi connectivity index (χ3n) is 6.28. The molecule has 0 radical (unpaired) electrons. The number of oxazole rings is 1. The van der Waals surface area contributed by atoms with Crippen molar-refractivity contribution in [3.05, 3.63) is 36.0 Å². The van der Waals surface area contributed by atoms with Gasteiger partial charge in [0.05, 0.1) is 5.70 Å². The van der Waals surface area contributed by atoms with Gasteiger partial charge in [0.15, 0.2) is 5.58 Å². The molecule has 28 heavy (non-hydrogen) atoms. The number of para-hydroxylation sites is 2. The second-order valence-electron chi connectivity index (χ2n) is 9.12. The standard InChI is InChI=1S/C22H26N4O2/c1-21(2)12-15-18(16(27)13-21)22(10-6-3-7-11-22)26-19(23-15)25-20-24-14-8-4-5-9-17(14)28-20/h4-5,8-9,12,18H,3,6-7,10-11,13H2,1-2H3,(H2,23,24,25,26)/p+1/t18-/m1/s1. The summed E-state index contributed by atoms with van der Waals surface area (Å²) in [5.74, 6) is 0.988. The average molecular weight is 379 g/mol. The highest BCUT2D eigenvalue weighted by Crippen LogP contribution is 2.42. The van der Waals surface area contributed by atoms with Gasteiger partial charge < -0.3 is 4.42 Å². The van der Waals surface area contributed by atoms with Gasteiger partial charge in [0.2, 0.25) is 0 Å². The van der Waals surface area contributed by atoms with E-state index in [0.29, 0.717) is 18.2 Å². The first-order chi connectivity index (χ1) is 13.4. The van der Waals surface area contributed by atoms with Crippen molar-refractivity contribution in [3.63, 3.8) is 0 Å². The second-order valence-corrected chi connectivity index (χ2v) is 9.12. The Morgan fingerprint density at radius 3 is 2.79 bits per heavy atom. The van der Waals surface area contributed by atoms with Crippen LogP contribution < -0.4 is 15.6 Å². The summed E-state index contributed by atoms with van der Waals surface area (Å²) in [7, 11) is 0. The number of aromatic nitrogens is 1. The molecule has 0 amide bonds. The van der Waals surface area contributed by atoms with Gasteiger partial charge in [0.1, 0.15) is 22.8 Å². The Bertz CT molecular complexity index is 962. The van der Waals surface area contributed by atoms with Crippen LogP contribution in [0.1, 0.15) is 52.4 Å². The van der Waals surface area contributed by atoms with E-state index in [1.807, 2.05) is 24.3 Å². The van der Waals surface area contributed by atoms with Gasteiger partial charge in [-0.1, -0.05) is 32.4 Å². The van der Waals surface area contributed by atoms with Crippen molar-refractivity contribution in [2.75, 3.05) is 5.32 Å². The third kappa shape index (κ3) is 2.91. The Balaban J connectivity index is 1.54. The lowest BCUT2D eigenvalue weighted by atomic mass is 9.64. The molecular formula is C22H27N4O2+. The number of allylic oxidation sites excluding steroid dienone is 1. The van der Waals surface area contributed by atoms with Gasteiger partial charge in [0, 0.05) is 6.42 Å². The third-order valence-corrected chi connectivity index (χ3v) is 6.28. The van der Waals surface area contributed by atoms with Gasteiger partial charge >= 0.3 is 12.0 Å². The molecule has 2 aromatic rings. The molecule has 0 unspecified atom stereocenters. The summed E-state index contributed by atoms with van der Waals surface area (Å²) in [5, 5.41) is 6.72. The van der Waals surface area contributed by atoms with Crippen LogP contribution in [0.25, 0.3) is 11.1 Å². The highest BCUT2D eigenvalue weighted by Gasteiger charge is 2.53. The fourth-order valence-corrected chi connectivity index (χ4v) is 5.18. The number of nitrogens with one attached hydrogen (secondary N) is 3. The highest BCUT2D eigenvalue weighted by atomic mass is 16.4. The molecule has 2 heterocycles. The molecule has 3 N–H and O–H groups in total. The maximum atomic E-state index is 13.1. The molecule has 1 aromatic heterocycles. The number of guanidine groups is 1. The van der Waals surface area contributed by atoms with E-state index in [1.54, 1.807) is 0 Å². The molecule has 1 spiro atoms. The van der Waals surface area contributed by atoms with Gasteiger partial charge in [-0.25, -0.2) is 5.32 Å². The largest absolute Gasteiger partial charge is 0.412 e. The maximum Gasteiger partial charge on any atom is 0.365 e. The molecule has 1 aliphatic heterocycles. The second kappa shape index (κ2) is 6.19. The molecule has 146 valence electrons. The minimum absolute atomic E-state index is 0.102. The predicted octanol–water partition coefficient (Wildman–Crippen LogP) is 2.48. The number of rotatable bonds is 1. The smallest absolute Gasteiger partial charge is 0.365 e. The monoisotopic (exact) mass is 379 g/mol. The molecular weight excluding hydrogens is 352 g/mol. The lowest BCUT2D eigenvalue weighted by molar-refractivity contribution is -0.572. The van der Waals surface area contributed by atoms with Crippen LogP contribution >= 0.6 is 0 Å². The minimum atomic E-state index is -0.225. The van der Waals surface area contributed by atoms with Crippen molar-refractivity contribution in [3.8, 4) is 0 Å². The number of benzene rings is 1. The van der Waals surface area contributed by atoms with Crippen LogP contribution in [0.15, 0.2) is 40.5 Å². The van der Waals surface area contributed by atoms with Crippen LogP contribution in [0.4, 0.5) is 6.01 Å². The van der Waals surface area contributed by atoms with Crippen LogP contribution in [-0.2, 0) is 4.79 Å². The average Bonchev–Trinajstić information content (AvgIpc) is 3.02. The molecule has 1 saturated carbocycles. The predicted molar refractivity (Wildman–Crippen MR) is 108 cm³/mol. The molecule has 0 saturated heterocycles. The summed E-state index contributed by atoms with van der Waals surface area (Å²) in [4.78, 5) is 21.3. The number of anilines is 1. The van der Waals surface area contributed by atoms with Gasteiger partial charge in [-0.05, 0) is 49.3 Å². The molecule has 5 rings (SSSR count). The molecule has 0 bridgehead atoms. The van der Waals surface area contributed by atoms with E-state index in [1.165, 1.54) is 6.42 Å². The first kappa shape index (κ1) is 17.5. The van der Waals surface area contributed by atoms with Gasteiger partial charge in [-0.2, -0.15) is 10.3 Å². The lowest BCUT2D eigenvalue weighted by Gasteiger charge is -2.45. The highest BCUT2D eigenvalue weighted by molar-refractivity contribution is 5.94. The number of Topliss-reactive ketones (excluding diaryl/α,β-unsaturated/α-hetero) is 1. The zero-order valence-corrected chi connectivity index (χ0v) is 16.5. The Hall–Kier alpha value is -2.63. The number of nitrogens with zero attached hydrogens (tertiary/aromatic N) is 1. The zero-order chi connectivity index (χ0) is 19.4. The lowest BCUT2D eigenvalue weighted by Crippen LogP contribution is -2.96. The summed E-state index contributed by atoms with van der Waals surface area (Å²) >= 11 is 0. The SMILES string of the molecule is CC1(C)C=C2NC(Nc3nc4ccccc4o3)=[NH+]C3(CCCCC3)[C@H]2C(=O)C1. The normalized spacial score (nSPS) is 25.6. The first-order valence-electron chi connectivity index (χ1n) is 10.2. The van der Waals surface area contributed by atoms with Gasteiger partial charge in [0.25, 0.3) is 0 Å². The van der Waals surface area contributed by atoms with E-state index in [-0.39, 0.29) is 16.9 Å². The van der Waals surface area contributed by atoms with E-state index in [9.17, 15) is 4.79 Å². The van der Waals surface area contributed by atoms with Crippen molar-refractivity contribution in [1.29, 1.82) is 0 Å². The Morgan fingerprint density at radius 1 is 1.21 bits per heavy atom. The molecule has 3 aliphatic rings. The summed E-state index contributed by atoms with van der Waals surface area (Å²) in [6, 6.07) is 8.16. The Kier molecular flexibility index (Phi) is 3.86. The van der Waals surface area contributed by atoms with Crippen LogP contribution in [0.2, 0.25) is 0 Å². The van der Waals surface area contributed by atoms with Crippen molar-refractivity contribution in [2.45, 2.75) is 57.9 Å². The topological polar surface area (TPSA) is 81.1 Å². The molecule has 1 aromatic carbocycles.